The Bertz CT molecular complexity index is 2220. The third-order valence-electron chi connectivity index (χ3n) is 13.6. The normalized spacial score (nSPS) is 13.0. The van der Waals surface area contributed by atoms with Gasteiger partial charge in [-0.25, -0.2) is 0 Å². The van der Waals surface area contributed by atoms with Crippen LogP contribution in [0.1, 0.15) is 119 Å². The van der Waals surface area contributed by atoms with Gasteiger partial charge in [-0.2, -0.15) is 0 Å². The molecule has 0 aliphatic rings. The van der Waals surface area contributed by atoms with Gasteiger partial charge in [0.2, 0.25) is 0 Å². The van der Waals surface area contributed by atoms with Crippen molar-refractivity contribution in [3.63, 3.8) is 0 Å². The zero-order valence-corrected chi connectivity index (χ0v) is 45.6. The molecular weight excluding hydrogens is 951 g/mol. The average molecular weight is 1030 g/mol. The van der Waals surface area contributed by atoms with Crippen LogP contribution in [-0.2, 0) is 0 Å². The number of anilines is 2. The number of halogens is 6. The topological polar surface area (TPSA) is 21.7 Å². The summed E-state index contributed by atoms with van der Waals surface area (Å²) in [7, 11) is -6.29. The Morgan fingerprint density at radius 1 is 0.464 bits per heavy atom. The van der Waals surface area contributed by atoms with Gasteiger partial charge in [-0.05, 0) is 50.2 Å². The van der Waals surface area contributed by atoms with Crippen LogP contribution in [0.3, 0.4) is 0 Å². The Labute approximate surface area is 414 Å². The van der Waals surface area contributed by atoms with E-state index in [0.717, 1.165) is 82.7 Å². The minimum absolute atomic E-state index is 0.244. The minimum atomic E-state index is -5.05. The highest BCUT2D eigenvalue weighted by Gasteiger charge is 2.39. The van der Waals surface area contributed by atoms with Gasteiger partial charge in [0.05, 0.1) is 23.9 Å². The number of hydrogen-bond donors (Lipinski definition) is 0. The summed E-state index contributed by atoms with van der Waals surface area (Å²) in [6, 6.07) is 44.5. The highest BCUT2D eigenvalue weighted by atomic mass is 32.1. The van der Waals surface area contributed by atoms with Gasteiger partial charge in [0.25, 0.3) is 0 Å². The lowest BCUT2D eigenvalue weighted by atomic mass is 10.0. The molecule has 0 aliphatic carbocycles. The molecule has 5 rings (SSSR count). The number of para-hydroxylation sites is 3. The van der Waals surface area contributed by atoms with Crippen LogP contribution in [0.2, 0.25) is 36.3 Å². The van der Waals surface area contributed by atoms with Crippen molar-refractivity contribution < 1.29 is 35.8 Å². The molecule has 2 unspecified atom stereocenters. The SMILES string of the molecule is CCCC[Si](CCCC)(CCCC)c1ccc(-c2cccc(PP(c3ccccc3OC(F)(F)F)N(c3ccccc3)c3ccc([Si](CCCC)(CCCC)CCCC)cc3)c2OC(F)(F)F)cc1. The molecule has 0 fully saturated rings. The molecule has 5 aromatic rings. The van der Waals surface area contributed by atoms with Gasteiger partial charge < -0.3 is 14.1 Å². The summed E-state index contributed by atoms with van der Waals surface area (Å²) < 4.78 is 99.1. The number of alkyl halides is 6. The van der Waals surface area contributed by atoms with Crippen LogP contribution in [0.25, 0.3) is 11.1 Å². The van der Waals surface area contributed by atoms with E-state index in [2.05, 4.69) is 77.9 Å². The van der Waals surface area contributed by atoms with E-state index in [1.54, 1.807) is 30.3 Å². The molecule has 0 bridgehead atoms. The maximum atomic E-state index is 14.8. The van der Waals surface area contributed by atoms with Crippen LogP contribution >= 0.6 is 16.0 Å². The molecule has 0 saturated heterocycles. The van der Waals surface area contributed by atoms with Crippen molar-refractivity contribution in [2.45, 2.75) is 168 Å². The third kappa shape index (κ3) is 15.9. The van der Waals surface area contributed by atoms with Crippen LogP contribution in [0.15, 0.2) is 121 Å². The fourth-order valence-electron chi connectivity index (χ4n) is 9.87. The summed E-state index contributed by atoms with van der Waals surface area (Å²) in [6.45, 7) is 13.4. The zero-order valence-electron chi connectivity index (χ0n) is 41.8. The molecule has 3 nitrogen and oxygen atoms in total. The first-order valence-electron chi connectivity index (χ1n) is 25.5. The van der Waals surface area contributed by atoms with E-state index < -0.39 is 50.7 Å². The number of rotatable bonds is 29. The molecule has 0 spiro atoms. The number of ether oxygens (including phenoxy) is 2. The van der Waals surface area contributed by atoms with Gasteiger partial charge in [-0.3, -0.25) is 0 Å². The fourth-order valence-corrected chi connectivity index (χ4v) is 26.6. The van der Waals surface area contributed by atoms with Gasteiger partial charge in [-0.1, -0.05) is 250 Å². The first-order chi connectivity index (χ1) is 33.2. The van der Waals surface area contributed by atoms with Gasteiger partial charge >= 0.3 is 12.7 Å². The molecule has 0 N–H and O–H groups in total. The summed E-state index contributed by atoms with van der Waals surface area (Å²) in [5, 5.41) is 3.21. The van der Waals surface area contributed by atoms with E-state index in [-0.39, 0.29) is 21.9 Å². The second kappa shape index (κ2) is 27.3. The summed E-state index contributed by atoms with van der Waals surface area (Å²) >= 11 is 0. The molecule has 0 radical (unpaired) electrons. The van der Waals surface area contributed by atoms with E-state index in [0.29, 0.717) is 11.3 Å². The van der Waals surface area contributed by atoms with E-state index in [9.17, 15) is 26.3 Å². The van der Waals surface area contributed by atoms with Crippen molar-refractivity contribution in [1.82, 2.24) is 0 Å². The molecule has 13 heteroatoms. The summed E-state index contributed by atoms with van der Waals surface area (Å²) in [4.78, 5) is 0. The molecule has 69 heavy (non-hydrogen) atoms. The Morgan fingerprint density at radius 3 is 1.33 bits per heavy atom. The van der Waals surface area contributed by atoms with E-state index in [1.165, 1.54) is 58.8 Å². The largest absolute Gasteiger partial charge is 0.573 e. The van der Waals surface area contributed by atoms with Crippen LogP contribution in [0, 0.1) is 0 Å². The Morgan fingerprint density at radius 2 is 0.884 bits per heavy atom. The third-order valence-corrected chi connectivity index (χ3v) is 29.8. The maximum Gasteiger partial charge on any atom is 0.573 e. The quantitative estimate of drug-likeness (QED) is 0.0271. The van der Waals surface area contributed by atoms with Crippen molar-refractivity contribution in [2.24, 2.45) is 0 Å². The van der Waals surface area contributed by atoms with Crippen molar-refractivity contribution in [3.05, 3.63) is 121 Å². The first kappa shape index (κ1) is 56.3. The zero-order chi connectivity index (χ0) is 49.9. The second-order valence-electron chi connectivity index (χ2n) is 18.6. The Kier molecular flexibility index (Phi) is 22.2. The summed E-state index contributed by atoms with van der Waals surface area (Å²) in [6.07, 6.45) is 3.54. The number of benzene rings is 5. The summed E-state index contributed by atoms with van der Waals surface area (Å²) in [5.74, 6) is -0.732. The molecule has 0 aliphatic heterocycles. The lowest BCUT2D eigenvalue weighted by molar-refractivity contribution is -0.275. The van der Waals surface area contributed by atoms with Gasteiger partial charge in [0.1, 0.15) is 11.5 Å². The molecule has 5 aromatic carbocycles. The molecule has 2 atom stereocenters. The van der Waals surface area contributed by atoms with Crippen molar-refractivity contribution in [3.8, 4) is 22.6 Å². The van der Waals surface area contributed by atoms with Crippen LogP contribution in [0.5, 0.6) is 11.5 Å². The van der Waals surface area contributed by atoms with Gasteiger partial charge in [0.15, 0.2) is 0 Å². The standard InChI is InChI=1S/C56H75F6NO2P2Si2/c1-7-13-39-68(40-14-8-2,41-15-9-3)48-35-31-45(32-36-48)50-27-24-29-52(54(50)65-56(60,61)62)66-67(53-30-23-22-28-51(53)64-55(57,58)59)63(46-25-20-19-21-26-46)47-33-37-49(38-34-47)69(42-16-10-4,43-17-11-5)44-18-12-6/h19-38,66H,7-18,39-44H2,1-6H3. The highest BCUT2D eigenvalue weighted by Crippen LogP contribution is 2.63. The molecule has 0 aromatic heterocycles. The number of unbranched alkanes of at least 4 members (excludes halogenated alkanes) is 6. The number of hydrogen-bond acceptors (Lipinski definition) is 3. The second-order valence-corrected chi connectivity index (χ2v) is 32.1. The lowest BCUT2D eigenvalue weighted by Crippen LogP contribution is -2.47. The predicted molar refractivity (Wildman–Crippen MR) is 290 cm³/mol. The van der Waals surface area contributed by atoms with Crippen molar-refractivity contribution in [1.29, 1.82) is 0 Å². The van der Waals surface area contributed by atoms with E-state index in [4.69, 9.17) is 9.47 Å². The van der Waals surface area contributed by atoms with Crippen LogP contribution in [-0.4, -0.2) is 28.9 Å². The van der Waals surface area contributed by atoms with Crippen molar-refractivity contribution in [2.75, 3.05) is 4.67 Å². The first-order valence-corrected chi connectivity index (χ1v) is 33.9. The Balaban J connectivity index is 1.73. The van der Waals surface area contributed by atoms with Crippen LogP contribution < -0.4 is 35.1 Å². The molecule has 0 heterocycles. The molecule has 0 saturated carbocycles. The highest BCUT2D eigenvalue weighted by molar-refractivity contribution is 8.28. The van der Waals surface area contributed by atoms with Gasteiger partial charge in [-0.15, -0.1) is 26.3 Å². The van der Waals surface area contributed by atoms with Crippen LogP contribution in [0.4, 0.5) is 37.7 Å². The monoisotopic (exact) mass is 1030 g/mol. The molecule has 0 amide bonds. The summed E-state index contributed by atoms with van der Waals surface area (Å²) in [5.41, 5.74) is 2.31. The number of nitrogens with zero attached hydrogens (tertiary/aromatic N) is 1. The van der Waals surface area contributed by atoms with Crippen molar-refractivity contribution >= 4 is 64.5 Å². The van der Waals surface area contributed by atoms with E-state index in [1.807, 2.05) is 47.1 Å². The maximum absolute atomic E-state index is 14.8. The average Bonchev–Trinajstić information content (AvgIpc) is 3.34. The minimum Gasteiger partial charge on any atom is -0.405 e. The molecule has 376 valence electrons. The Hall–Kier alpha value is -3.63. The fraction of sp³-hybridized carbons (Fsp3) is 0.464. The smallest absolute Gasteiger partial charge is 0.405 e. The molecular formula is C56H75F6NO2P2Si2. The predicted octanol–water partition coefficient (Wildman–Crippen LogP) is 18.0. The lowest BCUT2D eigenvalue weighted by Gasteiger charge is -2.36. The van der Waals surface area contributed by atoms with Gasteiger partial charge in [0, 0.05) is 27.5 Å². The van der Waals surface area contributed by atoms with E-state index >= 15 is 0 Å².